The van der Waals surface area contributed by atoms with Gasteiger partial charge in [-0.25, -0.2) is 0 Å². The lowest BCUT2D eigenvalue weighted by Gasteiger charge is -2.16. The Balaban J connectivity index is 2.25. The average Bonchev–Trinajstić information content (AvgIpc) is 2.74. The van der Waals surface area contributed by atoms with Crippen molar-refractivity contribution in [2.45, 2.75) is 45.4 Å². The molecule has 1 heterocycles. The first kappa shape index (κ1) is 10.7. The molecule has 0 spiro atoms. The normalized spacial score (nSPS) is 22.1. The van der Waals surface area contributed by atoms with Crippen LogP contribution in [0.3, 0.4) is 0 Å². The van der Waals surface area contributed by atoms with Crippen LogP contribution >= 0.6 is 0 Å². The summed E-state index contributed by atoms with van der Waals surface area (Å²) in [6, 6.07) is 2.25. The fourth-order valence-electron chi connectivity index (χ4n) is 2.46. The quantitative estimate of drug-likeness (QED) is 0.827. The minimum absolute atomic E-state index is 0.490. The van der Waals surface area contributed by atoms with Gasteiger partial charge in [-0.1, -0.05) is 20.8 Å². The molecule has 2 atom stereocenters. The van der Waals surface area contributed by atoms with Crippen molar-refractivity contribution in [1.29, 1.82) is 0 Å². The molecule has 2 N–H and O–H groups in total. The van der Waals surface area contributed by atoms with Crippen molar-refractivity contribution in [1.82, 2.24) is 0 Å². The maximum atomic E-state index is 5.87. The van der Waals surface area contributed by atoms with E-state index in [1.165, 1.54) is 17.7 Å². The van der Waals surface area contributed by atoms with E-state index in [0.29, 0.717) is 17.8 Å². The van der Waals surface area contributed by atoms with Crippen molar-refractivity contribution in [3.8, 4) is 0 Å². The number of hydrogen-bond acceptors (Lipinski definition) is 2. The van der Waals surface area contributed by atoms with Crippen molar-refractivity contribution >= 4 is 0 Å². The second kappa shape index (κ2) is 4.01. The van der Waals surface area contributed by atoms with E-state index >= 15 is 0 Å². The number of rotatable bonds is 3. The molecule has 1 aromatic heterocycles. The van der Waals surface area contributed by atoms with Crippen molar-refractivity contribution in [3.63, 3.8) is 0 Å². The molecule has 0 fully saturated rings. The zero-order valence-corrected chi connectivity index (χ0v) is 9.92. The Labute approximate surface area is 91.8 Å². The highest BCUT2D eigenvalue weighted by atomic mass is 16.3. The number of aryl methyl sites for hydroxylation is 1. The minimum atomic E-state index is 0.490. The van der Waals surface area contributed by atoms with E-state index in [1.54, 1.807) is 0 Å². The van der Waals surface area contributed by atoms with Gasteiger partial charge in [-0.05, 0) is 36.4 Å². The molecule has 1 aliphatic carbocycles. The summed E-state index contributed by atoms with van der Waals surface area (Å²) in [5.74, 6) is 4.03. The summed E-state index contributed by atoms with van der Waals surface area (Å²) in [5, 5.41) is 0. The molecular formula is C13H21NO. The van der Waals surface area contributed by atoms with Gasteiger partial charge < -0.3 is 10.2 Å². The largest absolute Gasteiger partial charge is 0.466 e. The number of fused-ring (bicyclic) bond motifs is 1. The smallest absolute Gasteiger partial charge is 0.107 e. The van der Waals surface area contributed by atoms with Crippen molar-refractivity contribution in [2.75, 3.05) is 6.54 Å². The van der Waals surface area contributed by atoms with Crippen LogP contribution in [0, 0.1) is 5.92 Å². The van der Waals surface area contributed by atoms with E-state index in [0.717, 1.165) is 18.7 Å². The topological polar surface area (TPSA) is 39.2 Å². The second-order valence-electron chi connectivity index (χ2n) is 5.04. The lowest BCUT2D eigenvalue weighted by Crippen LogP contribution is -2.17. The van der Waals surface area contributed by atoms with Crippen LogP contribution in [-0.4, -0.2) is 6.54 Å². The zero-order chi connectivity index (χ0) is 11.0. The monoisotopic (exact) mass is 207 g/mol. The molecule has 0 radical (unpaired) electrons. The maximum absolute atomic E-state index is 5.87. The third-order valence-electron chi connectivity index (χ3n) is 3.57. The van der Waals surface area contributed by atoms with Gasteiger partial charge in [0.2, 0.25) is 0 Å². The summed E-state index contributed by atoms with van der Waals surface area (Å²) >= 11 is 0. The number of hydrogen-bond donors (Lipinski definition) is 1. The fourth-order valence-corrected chi connectivity index (χ4v) is 2.46. The van der Waals surface area contributed by atoms with Crippen molar-refractivity contribution in [3.05, 3.63) is 23.2 Å². The molecule has 0 saturated carbocycles. The Morgan fingerprint density at radius 2 is 2.20 bits per heavy atom. The number of furan rings is 1. The van der Waals surface area contributed by atoms with Crippen LogP contribution in [0.2, 0.25) is 0 Å². The fraction of sp³-hybridized carbons (Fsp3) is 0.692. The van der Waals surface area contributed by atoms with Crippen LogP contribution in [0.15, 0.2) is 10.5 Å². The Morgan fingerprint density at radius 1 is 1.47 bits per heavy atom. The molecule has 2 unspecified atom stereocenters. The van der Waals surface area contributed by atoms with Crippen molar-refractivity contribution < 1.29 is 4.42 Å². The third-order valence-corrected chi connectivity index (χ3v) is 3.57. The average molecular weight is 207 g/mol. The van der Waals surface area contributed by atoms with Crippen LogP contribution in [0.5, 0.6) is 0 Å². The third kappa shape index (κ3) is 1.83. The van der Waals surface area contributed by atoms with Gasteiger partial charge in [0.15, 0.2) is 0 Å². The van der Waals surface area contributed by atoms with Crippen LogP contribution < -0.4 is 5.73 Å². The Kier molecular flexibility index (Phi) is 2.87. The van der Waals surface area contributed by atoms with E-state index in [2.05, 4.69) is 26.8 Å². The van der Waals surface area contributed by atoms with Crippen LogP contribution in [0.4, 0.5) is 0 Å². The van der Waals surface area contributed by atoms with E-state index in [1.807, 2.05) is 0 Å². The van der Waals surface area contributed by atoms with E-state index < -0.39 is 0 Å². The summed E-state index contributed by atoms with van der Waals surface area (Å²) in [6.45, 7) is 7.36. The van der Waals surface area contributed by atoms with Crippen LogP contribution in [0.25, 0.3) is 0 Å². The predicted octanol–water partition coefficient (Wildman–Crippen LogP) is 3.03. The molecule has 15 heavy (non-hydrogen) atoms. The van der Waals surface area contributed by atoms with Gasteiger partial charge in [0.05, 0.1) is 0 Å². The van der Waals surface area contributed by atoms with Gasteiger partial charge in [-0.3, -0.25) is 0 Å². The standard InChI is InChI=1S/C13H21NO/c1-8(2)13-6-11-10(9(3)7-14)4-5-12(11)15-13/h6,8-10H,4-5,7,14H2,1-3H3. The molecule has 2 heteroatoms. The van der Waals surface area contributed by atoms with Gasteiger partial charge in [0.1, 0.15) is 11.5 Å². The van der Waals surface area contributed by atoms with E-state index in [9.17, 15) is 0 Å². The number of nitrogens with two attached hydrogens (primary N) is 1. The SMILES string of the molecule is CC(C)c1cc2c(o1)CCC2C(C)CN. The molecule has 2 nitrogen and oxygen atoms in total. The lowest BCUT2D eigenvalue weighted by molar-refractivity contribution is 0.440. The first-order valence-electron chi connectivity index (χ1n) is 5.96. The van der Waals surface area contributed by atoms with Crippen LogP contribution in [0.1, 0.15) is 56.1 Å². The molecule has 0 aliphatic heterocycles. The molecule has 0 bridgehead atoms. The first-order valence-corrected chi connectivity index (χ1v) is 5.96. The molecule has 1 aliphatic rings. The minimum Gasteiger partial charge on any atom is -0.466 e. The van der Waals surface area contributed by atoms with Gasteiger partial charge in [0, 0.05) is 12.3 Å². The summed E-state index contributed by atoms with van der Waals surface area (Å²) in [7, 11) is 0. The van der Waals surface area contributed by atoms with E-state index in [-0.39, 0.29) is 0 Å². The molecular weight excluding hydrogens is 186 g/mol. The summed E-state index contributed by atoms with van der Waals surface area (Å²) in [4.78, 5) is 0. The Hall–Kier alpha value is -0.760. The van der Waals surface area contributed by atoms with Crippen molar-refractivity contribution in [2.24, 2.45) is 11.7 Å². The summed E-state index contributed by atoms with van der Waals surface area (Å²) < 4.78 is 5.87. The summed E-state index contributed by atoms with van der Waals surface area (Å²) in [6.07, 6.45) is 2.31. The van der Waals surface area contributed by atoms with Gasteiger partial charge in [-0.2, -0.15) is 0 Å². The van der Waals surface area contributed by atoms with E-state index in [4.69, 9.17) is 10.2 Å². The highest BCUT2D eigenvalue weighted by molar-refractivity contribution is 5.32. The molecule has 84 valence electrons. The van der Waals surface area contributed by atoms with Gasteiger partial charge in [-0.15, -0.1) is 0 Å². The van der Waals surface area contributed by atoms with Gasteiger partial charge >= 0.3 is 0 Å². The predicted molar refractivity (Wildman–Crippen MR) is 62.1 cm³/mol. The Bertz CT molecular complexity index is 340. The highest BCUT2D eigenvalue weighted by Crippen LogP contribution is 2.40. The maximum Gasteiger partial charge on any atom is 0.107 e. The molecule has 1 aromatic rings. The molecule has 0 saturated heterocycles. The van der Waals surface area contributed by atoms with Crippen LogP contribution in [-0.2, 0) is 6.42 Å². The molecule has 0 amide bonds. The molecule has 0 aromatic carbocycles. The summed E-state index contributed by atoms with van der Waals surface area (Å²) in [5.41, 5.74) is 7.17. The second-order valence-corrected chi connectivity index (χ2v) is 5.04. The zero-order valence-electron chi connectivity index (χ0n) is 9.92. The Morgan fingerprint density at radius 3 is 2.80 bits per heavy atom. The lowest BCUT2D eigenvalue weighted by atomic mass is 9.89. The highest BCUT2D eigenvalue weighted by Gasteiger charge is 2.30. The first-order chi connectivity index (χ1) is 7.13. The van der Waals surface area contributed by atoms with Gasteiger partial charge in [0.25, 0.3) is 0 Å². The molecule has 2 rings (SSSR count).